The van der Waals surface area contributed by atoms with E-state index in [4.69, 9.17) is 16.9 Å². The van der Waals surface area contributed by atoms with Crippen LogP contribution in [0.15, 0.2) is 42.7 Å². The number of halogens is 1. The van der Waals surface area contributed by atoms with Gasteiger partial charge in [0.2, 0.25) is 0 Å². The van der Waals surface area contributed by atoms with Gasteiger partial charge in [-0.25, -0.2) is 0 Å². The maximum absolute atomic E-state index is 10.3. The van der Waals surface area contributed by atoms with Crippen molar-refractivity contribution >= 4 is 11.6 Å². The zero-order chi connectivity index (χ0) is 15.6. The fraction of sp³-hybridized carbons (Fsp3) is 0.200. The van der Waals surface area contributed by atoms with E-state index in [1.165, 1.54) is 0 Å². The summed E-state index contributed by atoms with van der Waals surface area (Å²) in [5, 5.41) is 33.6. The zero-order valence-electron chi connectivity index (χ0n) is 11.4. The third kappa shape index (κ3) is 3.14. The summed E-state index contributed by atoms with van der Waals surface area (Å²) < 4.78 is 1.62. The Bertz CT molecular complexity index is 718. The number of hydrogen-bond acceptors (Lipinski definition) is 4. The summed E-state index contributed by atoms with van der Waals surface area (Å²) >= 11 is 6.01. The van der Waals surface area contributed by atoms with E-state index in [0.717, 1.165) is 5.56 Å². The van der Waals surface area contributed by atoms with Gasteiger partial charge in [0.15, 0.2) is 0 Å². The molecule has 2 rings (SSSR count). The van der Waals surface area contributed by atoms with Crippen LogP contribution >= 0.6 is 11.6 Å². The average molecular weight is 304 g/mol. The largest absolute Gasteiger partial charge is 0.385 e. The monoisotopic (exact) mass is 303 g/mol. The minimum atomic E-state index is -1.37. The van der Waals surface area contributed by atoms with Gasteiger partial charge in [-0.05, 0) is 23.3 Å². The Balaban J connectivity index is 2.49. The maximum atomic E-state index is 10.3. The van der Waals surface area contributed by atoms with Crippen LogP contribution in [0, 0.1) is 11.3 Å². The lowest BCUT2D eigenvalue weighted by Crippen LogP contribution is -2.20. The number of nitriles is 1. The normalized spacial score (nSPS) is 13.5. The first-order chi connectivity index (χ1) is 9.93. The number of hydrogen-bond donors (Lipinski definition) is 2. The molecule has 0 radical (unpaired) electrons. The van der Waals surface area contributed by atoms with Crippen molar-refractivity contribution in [1.29, 1.82) is 5.26 Å². The van der Waals surface area contributed by atoms with Crippen LogP contribution in [-0.2, 0) is 7.05 Å². The molecule has 0 unspecified atom stereocenters. The molecule has 2 atom stereocenters. The highest BCUT2D eigenvalue weighted by Crippen LogP contribution is 2.33. The van der Waals surface area contributed by atoms with Crippen LogP contribution in [-0.4, -0.2) is 26.1 Å². The zero-order valence-corrected chi connectivity index (χ0v) is 12.1. The Labute approximate surface area is 127 Å². The van der Waals surface area contributed by atoms with Crippen LogP contribution < -0.4 is 0 Å². The second-order valence-corrected chi connectivity index (χ2v) is 5.10. The Hall–Kier alpha value is -2.13. The standard InChI is InChI=1S/C15H14ClN3O2/c1-9(6-17)14(20)15(21)12-4-3-11(16)5-13(12)10-7-18-19(2)8-10/h3-5,7-8,14-15,20-21H,1H2,2H3/t14-,15-/m0/s1. The van der Waals surface area contributed by atoms with Gasteiger partial charge in [-0.3, -0.25) is 4.68 Å². The highest BCUT2D eigenvalue weighted by atomic mass is 35.5. The van der Waals surface area contributed by atoms with Crippen LogP contribution in [0.1, 0.15) is 11.7 Å². The fourth-order valence-corrected chi connectivity index (χ4v) is 2.20. The van der Waals surface area contributed by atoms with Gasteiger partial charge in [-0.1, -0.05) is 24.2 Å². The summed E-state index contributed by atoms with van der Waals surface area (Å²) in [4.78, 5) is 0. The summed E-state index contributed by atoms with van der Waals surface area (Å²) in [6.07, 6.45) is 0.761. The minimum Gasteiger partial charge on any atom is -0.385 e. The number of aromatic nitrogens is 2. The molecule has 0 aliphatic heterocycles. The molecule has 0 saturated heterocycles. The van der Waals surface area contributed by atoms with Gasteiger partial charge >= 0.3 is 0 Å². The van der Waals surface area contributed by atoms with E-state index in [1.54, 1.807) is 48.4 Å². The van der Waals surface area contributed by atoms with Crippen molar-refractivity contribution in [2.24, 2.45) is 7.05 Å². The molecule has 6 heteroatoms. The first-order valence-electron chi connectivity index (χ1n) is 6.17. The minimum absolute atomic E-state index is 0.102. The van der Waals surface area contributed by atoms with Crippen molar-refractivity contribution < 1.29 is 10.2 Å². The van der Waals surface area contributed by atoms with E-state index >= 15 is 0 Å². The molecule has 1 aromatic carbocycles. The smallest absolute Gasteiger partial charge is 0.118 e. The van der Waals surface area contributed by atoms with Gasteiger partial charge in [-0.15, -0.1) is 0 Å². The quantitative estimate of drug-likeness (QED) is 0.848. The van der Waals surface area contributed by atoms with E-state index in [-0.39, 0.29) is 5.57 Å². The van der Waals surface area contributed by atoms with E-state index in [2.05, 4.69) is 11.7 Å². The van der Waals surface area contributed by atoms with E-state index in [1.807, 2.05) is 0 Å². The van der Waals surface area contributed by atoms with Crippen LogP contribution in [0.3, 0.4) is 0 Å². The average Bonchev–Trinajstić information content (AvgIpc) is 2.91. The molecule has 0 spiro atoms. The highest BCUT2D eigenvalue weighted by Gasteiger charge is 2.24. The lowest BCUT2D eigenvalue weighted by Gasteiger charge is -2.19. The molecule has 0 aliphatic rings. The second-order valence-electron chi connectivity index (χ2n) is 4.66. The van der Waals surface area contributed by atoms with Crippen molar-refractivity contribution in [1.82, 2.24) is 9.78 Å². The number of rotatable bonds is 4. The Morgan fingerprint density at radius 2 is 2.19 bits per heavy atom. The fourth-order valence-electron chi connectivity index (χ4n) is 2.02. The van der Waals surface area contributed by atoms with Crippen LogP contribution in [0.5, 0.6) is 0 Å². The predicted molar refractivity (Wildman–Crippen MR) is 79.4 cm³/mol. The van der Waals surface area contributed by atoms with Crippen molar-refractivity contribution in [3.63, 3.8) is 0 Å². The van der Waals surface area contributed by atoms with Gasteiger partial charge in [0.25, 0.3) is 0 Å². The molecule has 0 amide bonds. The summed E-state index contributed by atoms with van der Waals surface area (Å²) in [5.41, 5.74) is 1.75. The lowest BCUT2D eigenvalue weighted by atomic mass is 9.93. The Morgan fingerprint density at radius 1 is 1.48 bits per heavy atom. The molecule has 0 fully saturated rings. The molecule has 1 heterocycles. The van der Waals surface area contributed by atoms with E-state index < -0.39 is 12.2 Å². The third-order valence-electron chi connectivity index (χ3n) is 3.15. The van der Waals surface area contributed by atoms with Crippen molar-refractivity contribution in [3.8, 4) is 17.2 Å². The number of aliphatic hydroxyl groups excluding tert-OH is 2. The van der Waals surface area contributed by atoms with Crippen molar-refractivity contribution in [3.05, 3.63) is 53.3 Å². The number of benzene rings is 1. The van der Waals surface area contributed by atoms with Gasteiger partial charge in [0.05, 0.1) is 17.8 Å². The van der Waals surface area contributed by atoms with Gasteiger partial charge in [-0.2, -0.15) is 10.4 Å². The van der Waals surface area contributed by atoms with Gasteiger partial charge < -0.3 is 10.2 Å². The molecule has 0 saturated carbocycles. The lowest BCUT2D eigenvalue weighted by molar-refractivity contribution is 0.0444. The molecule has 5 nitrogen and oxygen atoms in total. The van der Waals surface area contributed by atoms with Gasteiger partial charge in [0.1, 0.15) is 12.2 Å². The Kier molecular flexibility index (Phi) is 4.43. The summed E-state index contributed by atoms with van der Waals surface area (Å²) in [7, 11) is 1.77. The summed E-state index contributed by atoms with van der Waals surface area (Å²) in [6, 6.07) is 6.65. The van der Waals surface area contributed by atoms with Crippen LogP contribution in [0.25, 0.3) is 11.1 Å². The van der Waals surface area contributed by atoms with Crippen molar-refractivity contribution in [2.45, 2.75) is 12.2 Å². The predicted octanol–water partition coefficient (Wildman–Crippen LogP) is 2.21. The SMILES string of the molecule is C=C(C#N)[C@H](O)[C@@H](O)c1ccc(Cl)cc1-c1cnn(C)c1. The molecule has 2 aromatic rings. The first-order valence-corrected chi connectivity index (χ1v) is 6.55. The second kappa shape index (κ2) is 6.10. The first kappa shape index (κ1) is 15.3. The third-order valence-corrected chi connectivity index (χ3v) is 3.38. The van der Waals surface area contributed by atoms with Crippen molar-refractivity contribution in [2.75, 3.05) is 0 Å². The molecular weight excluding hydrogens is 290 g/mol. The number of aliphatic hydroxyl groups is 2. The number of nitrogens with zero attached hydrogens (tertiary/aromatic N) is 3. The van der Waals surface area contributed by atoms with Gasteiger partial charge in [0, 0.05) is 23.8 Å². The molecule has 0 bridgehead atoms. The molecule has 1 aromatic heterocycles. The summed E-state index contributed by atoms with van der Waals surface area (Å²) in [6.45, 7) is 3.43. The topological polar surface area (TPSA) is 82.1 Å². The Morgan fingerprint density at radius 3 is 2.76 bits per heavy atom. The summed E-state index contributed by atoms with van der Waals surface area (Å²) in [5.74, 6) is 0. The highest BCUT2D eigenvalue weighted by molar-refractivity contribution is 6.30. The molecule has 21 heavy (non-hydrogen) atoms. The molecular formula is C15H14ClN3O2. The molecule has 0 aliphatic carbocycles. The van der Waals surface area contributed by atoms with E-state index in [9.17, 15) is 10.2 Å². The number of aryl methyl sites for hydroxylation is 1. The van der Waals surface area contributed by atoms with E-state index in [0.29, 0.717) is 16.1 Å². The van der Waals surface area contributed by atoms with Crippen LogP contribution in [0.4, 0.5) is 0 Å². The molecule has 108 valence electrons. The van der Waals surface area contributed by atoms with Crippen LogP contribution in [0.2, 0.25) is 5.02 Å². The molecule has 2 N–H and O–H groups in total. The maximum Gasteiger partial charge on any atom is 0.118 e.